The normalized spacial score (nSPS) is 22.7. The summed E-state index contributed by atoms with van der Waals surface area (Å²) in [6.45, 7) is 2.52. The van der Waals surface area contributed by atoms with Crippen molar-refractivity contribution < 1.29 is 24.2 Å². The first-order valence-corrected chi connectivity index (χ1v) is 17.1. The van der Waals surface area contributed by atoms with E-state index in [0.717, 1.165) is 53.8 Å². The quantitative estimate of drug-likeness (QED) is 0.221. The maximum absolute atomic E-state index is 14.3. The first-order valence-electron chi connectivity index (χ1n) is 17.1. The number of benzene rings is 2. The Labute approximate surface area is 276 Å². The number of hydrogen-bond acceptors (Lipinski definition) is 5. The summed E-state index contributed by atoms with van der Waals surface area (Å²) >= 11 is 0. The molecule has 0 radical (unpaired) electrons. The van der Waals surface area contributed by atoms with Crippen LogP contribution in [0.15, 0.2) is 54.9 Å². The molecule has 250 valence electrons. The Hall–Kier alpha value is -4.34. The third kappa shape index (κ3) is 8.15. The van der Waals surface area contributed by atoms with E-state index < -0.39 is 6.09 Å². The predicted octanol–water partition coefficient (Wildman–Crippen LogP) is 6.45. The molecule has 10 nitrogen and oxygen atoms in total. The third-order valence-electron chi connectivity index (χ3n) is 10.3. The summed E-state index contributed by atoms with van der Waals surface area (Å²) in [4.78, 5) is 39.3. The zero-order chi connectivity index (χ0) is 32.9. The van der Waals surface area contributed by atoms with Gasteiger partial charge in [-0.15, -0.1) is 0 Å². The number of hydrogen-bond donors (Lipinski definition) is 3. The highest BCUT2D eigenvalue weighted by atomic mass is 16.5. The first-order chi connectivity index (χ1) is 22.8. The van der Waals surface area contributed by atoms with Crippen LogP contribution in [0.25, 0.3) is 11.1 Å². The monoisotopic (exact) mass is 641 g/mol. The van der Waals surface area contributed by atoms with E-state index in [9.17, 15) is 14.4 Å². The van der Waals surface area contributed by atoms with Crippen molar-refractivity contribution in [2.45, 2.75) is 89.1 Å². The second kappa shape index (κ2) is 14.6. The predicted molar refractivity (Wildman–Crippen MR) is 181 cm³/mol. The number of anilines is 1. The molecule has 1 aromatic heterocycles. The molecule has 3 saturated carbocycles. The van der Waals surface area contributed by atoms with Crippen LogP contribution in [0.4, 0.5) is 10.5 Å². The van der Waals surface area contributed by atoms with E-state index in [-0.39, 0.29) is 30.3 Å². The van der Waals surface area contributed by atoms with Gasteiger partial charge in [0.25, 0.3) is 0 Å². The molecule has 3 aliphatic carbocycles. The Morgan fingerprint density at radius 2 is 1.72 bits per heavy atom. The van der Waals surface area contributed by atoms with Crippen molar-refractivity contribution in [3.8, 4) is 16.9 Å². The lowest BCUT2D eigenvalue weighted by atomic mass is 9.78. The number of ether oxygens (including phenoxy) is 1. The van der Waals surface area contributed by atoms with E-state index in [4.69, 9.17) is 9.84 Å². The largest absolute Gasteiger partial charge is 0.496 e. The molecule has 47 heavy (non-hydrogen) atoms. The lowest BCUT2D eigenvalue weighted by Gasteiger charge is -2.36. The van der Waals surface area contributed by atoms with Crippen LogP contribution >= 0.6 is 0 Å². The summed E-state index contributed by atoms with van der Waals surface area (Å²) in [7, 11) is 1.71. The highest BCUT2D eigenvalue weighted by Gasteiger charge is 2.33. The molecule has 0 unspecified atom stereocenters. The van der Waals surface area contributed by atoms with Crippen LogP contribution in [-0.2, 0) is 9.59 Å². The van der Waals surface area contributed by atoms with Gasteiger partial charge in [0.15, 0.2) is 0 Å². The van der Waals surface area contributed by atoms with Crippen molar-refractivity contribution in [2.75, 3.05) is 25.1 Å². The summed E-state index contributed by atoms with van der Waals surface area (Å²) in [5, 5.41) is 18.4. The topological polar surface area (TPSA) is 126 Å². The van der Waals surface area contributed by atoms with Crippen molar-refractivity contribution in [1.29, 1.82) is 0 Å². The van der Waals surface area contributed by atoms with Gasteiger partial charge in [0.1, 0.15) is 5.75 Å². The molecule has 0 saturated heterocycles. The highest BCUT2D eigenvalue weighted by molar-refractivity contribution is 5.95. The molecule has 3 aromatic rings. The van der Waals surface area contributed by atoms with Gasteiger partial charge in [-0.1, -0.05) is 24.3 Å². The molecule has 1 heterocycles. The second-order valence-corrected chi connectivity index (χ2v) is 13.7. The van der Waals surface area contributed by atoms with Gasteiger partial charge in [-0.25, -0.2) is 4.79 Å². The fraction of sp³-hybridized carbons (Fsp3) is 0.514. The number of aryl methyl sites for hydroxylation is 1. The molecule has 3 amide bonds. The Bertz CT molecular complexity index is 1570. The molecule has 0 spiro atoms. The molecular weight excluding hydrogens is 594 g/mol. The first kappa shape index (κ1) is 32.6. The summed E-state index contributed by atoms with van der Waals surface area (Å²) in [6.07, 6.45) is 12.2. The van der Waals surface area contributed by atoms with Crippen molar-refractivity contribution in [2.24, 2.45) is 11.8 Å². The number of amides is 3. The van der Waals surface area contributed by atoms with Crippen molar-refractivity contribution >= 4 is 23.6 Å². The molecule has 0 atom stereocenters. The second-order valence-electron chi connectivity index (χ2n) is 13.7. The number of carboxylic acid groups (broad SMARTS) is 1. The molecule has 6 rings (SSSR count). The molecule has 0 aliphatic heterocycles. The van der Waals surface area contributed by atoms with Crippen LogP contribution in [0.1, 0.15) is 87.3 Å². The molecule has 3 aliphatic rings. The summed E-state index contributed by atoms with van der Waals surface area (Å²) < 4.78 is 7.53. The standard InChI is InChI=1S/C37H47N5O5/c1-24-18-29(12-17-34(24)47-2)26-8-6-25(7-9-26)22-41(33-5-3-4-28(19-33)30-20-39-42(23-30)32-15-16-32)36(44)27-10-13-31(14-11-27)40-35(43)21-38-37(45)46/h3-5,12,17-20,23,25-27,31-32,38H,6-11,13-16,21-22H2,1-2H3,(H,40,43)(H,45,46). The van der Waals surface area contributed by atoms with E-state index in [2.05, 4.69) is 69.9 Å². The van der Waals surface area contributed by atoms with Crippen molar-refractivity contribution in [1.82, 2.24) is 20.4 Å². The highest BCUT2D eigenvalue weighted by Crippen LogP contribution is 2.39. The SMILES string of the molecule is COc1ccc(C2CCC(CN(C(=O)C3CCC(NC(=O)CNC(=O)O)CC3)c3cccc(-c4cnn(C5CC5)c4)c3)CC2)cc1C. The van der Waals surface area contributed by atoms with Gasteiger partial charge in [0, 0.05) is 36.0 Å². The van der Waals surface area contributed by atoms with Gasteiger partial charge in [-0.05, 0) is 118 Å². The van der Waals surface area contributed by atoms with Crippen molar-refractivity contribution in [3.63, 3.8) is 0 Å². The van der Waals surface area contributed by atoms with Crippen LogP contribution < -0.4 is 20.3 Å². The van der Waals surface area contributed by atoms with Gasteiger partial charge in [-0.3, -0.25) is 14.3 Å². The van der Waals surface area contributed by atoms with E-state index in [1.807, 2.05) is 17.2 Å². The maximum Gasteiger partial charge on any atom is 0.405 e. The molecule has 3 fully saturated rings. The number of nitrogens with zero attached hydrogens (tertiary/aromatic N) is 3. The van der Waals surface area contributed by atoms with Gasteiger partial charge < -0.3 is 25.4 Å². The minimum Gasteiger partial charge on any atom is -0.496 e. The average molecular weight is 642 g/mol. The number of rotatable bonds is 11. The Kier molecular flexibility index (Phi) is 10.1. The molecule has 0 bridgehead atoms. The fourth-order valence-electron chi connectivity index (χ4n) is 7.43. The summed E-state index contributed by atoms with van der Waals surface area (Å²) in [5.74, 6) is 1.54. The minimum absolute atomic E-state index is 0.0567. The Morgan fingerprint density at radius 3 is 2.40 bits per heavy atom. The van der Waals surface area contributed by atoms with Gasteiger partial charge in [-0.2, -0.15) is 5.10 Å². The minimum atomic E-state index is -1.22. The van der Waals surface area contributed by atoms with E-state index in [1.165, 1.54) is 18.4 Å². The van der Waals surface area contributed by atoms with Gasteiger partial charge in [0.05, 0.1) is 25.9 Å². The number of methoxy groups -OCH3 is 1. The average Bonchev–Trinajstić information content (AvgIpc) is 3.82. The summed E-state index contributed by atoms with van der Waals surface area (Å²) in [6, 6.07) is 15.3. The van der Waals surface area contributed by atoms with E-state index in [1.54, 1.807) is 7.11 Å². The van der Waals surface area contributed by atoms with Crippen LogP contribution in [-0.4, -0.2) is 59.0 Å². The zero-order valence-electron chi connectivity index (χ0n) is 27.5. The van der Waals surface area contributed by atoms with Crippen molar-refractivity contribution in [3.05, 3.63) is 66.0 Å². The number of carbonyl (C=O) groups is 3. The summed E-state index contributed by atoms with van der Waals surface area (Å²) in [5.41, 5.74) is 5.59. The zero-order valence-corrected chi connectivity index (χ0v) is 27.5. The number of aromatic nitrogens is 2. The maximum atomic E-state index is 14.3. The molecular formula is C37H47N5O5. The molecule has 2 aromatic carbocycles. The van der Waals surface area contributed by atoms with E-state index >= 15 is 0 Å². The van der Waals surface area contributed by atoms with E-state index in [0.29, 0.717) is 50.1 Å². The Balaban J connectivity index is 1.14. The van der Waals surface area contributed by atoms with Crippen LogP contribution in [0.2, 0.25) is 0 Å². The lowest BCUT2D eigenvalue weighted by Crippen LogP contribution is -2.46. The Morgan fingerprint density at radius 1 is 0.957 bits per heavy atom. The molecule has 10 heteroatoms. The van der Waals surface area contributed by atoms with Crippen LogP contribution in [0, 0.1) is 18.8 Å². The smallest absolute Gasteiger partial charge is 0.405 e. The number of nitrogens with one attached hydrogen (secondary N) is 2. The van der Waals surface area contributed by atoms with Crippen LogP contribution in [0.3, 0.4) is 0 Å². The van der Waals surface area contributed by atoms with Gasteiger partial charge >= 0.3 is 6.09 Å². The fourth-order valence-corrected chi connectivity index (χ4v) is 7.43. The van der Waals surface area contributed by atoms with Crippen LogP contribution in [0.5, 0.6) is 5.75 Å². The third-order valence-corrected chi connectivity index (χ3v) is 10.3. The van der Waals surface area contributed by atoms with Gasteiger partial charge in [0.2, 0.25) is 11.8 Å². The lowest BCUT2D eigenvalue weighted by molar-refractivity contribution is -0.123. The molecule has 3 N–H and O–H groups in total. The number of carbonyl (C=O) groups excluding carboxylic acids is 2.